The molecule has 1 aliphatic carbocycles. The molecule has 2 fully saturated rings. The molecule has 0 bridgehead atoms. The fraction of sp³-hybridized carbons (Fsp3) is 0.833. The summed E-state index contributed by atoms with van der Waals surface area (Å²) in [5.41, 5.74) is -0.629. The van der Waals surface area contributed by atoms with Crippen LogP contribution in [0, 0.1) is 17.3 Å². The third-order valence-electron chi connectivity index (χ3n) is 3.71. The predicted octanol–water partition coefficient (Wildman–Crippen LogP) is 1.69. The molecule has 4 heteroatoms. The molecule has 0 radical (unpaired) electrons. The predicted molar refractivity (Wildman–Crippen MR) is 59.0 cm³/mol. The quantitative estimate of drug-likeness (QED) is 0.638. The Morgan fingerprint density at radius 3 is 2.25 bits per heavy atom. The van der Waals surface area contributed by atoms with Crippen LogP contribution in [0.3, 0.4) is 0 Å². The molecule has 4 nitrogen and oxygen atoms in total. The number of aldehydes is 1. The second-order valence-electron chi connectivity index (χ2n) is 6.08. The van der Waals surface area contributed by atoms with Gasteiger partial charge in [-0.05, 0) is 32.6 Å². The average Bonchev–Trinajstić information content (AvgIpc) is 2.59. The second-order valence-corrected chi connectivity index (χ2v) is 6.08. The Kier molecular flexibility index (Phi) is 2.30. The van der Waals surface area contributed by atoms with Gasteiger partial charge in [-0.2, -0.15) is 0 Å². The third kappa shape index (κ3) is 1.70. The molecule has 1 saturated heterocycles. The first-order chi connectivity index (χ1) is 7.28. The fourth-order valence-corrected chi connectivity index (χ4v) is 2.57. The van der Waals surface area contributed by atoms with E-state index in [2.05, 4.69) is 0 Å². The Bertz CT molecular complexity index is 320. The summed E-state index contributed by atoms with van der Waals surface area (Å²) in [6.45, 7) is 8.87. The number of rotatable bonds is 1. The molecule has 0 N–H and O–H groups in total. The zero-order chi connectivity index (χ0) is 12.1. The Labute approximate surface area is 95.9 Å². The van der Waals surface area contributed by atoms with Crippen molar-refractivity contribution in [1.29, 1.82) is 0 Å². The van der Waals surface area contributed by atoms with Crippen molar-refractivity contribution >= 4 is 12.4 Å². The Morgan fingerprint density at radius 2 is 1.88 bits per heavy atom. The zero-order valence-corrected chi connectivity index (χ0v) is 10.3. The van der Waals surface area contributed by atoms with Crippen LogP contribution in [0.25, 0.3) is 0 Å². The van der Waals surface area contributed by atoms with Gasteiger partial charge in [-0.3, -0.25) is 0 Å². The normalized spacial score (nSPS) is 36.9. The highest BCUT2D eigenvalue weighted by atomic mass is 16.6. The van der Waals surface area contributed by atoms with E-state index in [1.165, 1.54) is 0 Å². The van der Waals surface area contributed by atoms with Crippen molar-refractivity contribution in [3.63, 3.8) is 0 Å². The number of ether oxygens (including phenoxy) is 1. The number of piperidine rings is 1. The van der Waals surface area contributed by atoms with Crippen molar-refractivity contribution in [3.05, 3.63) is 0 Å². The van der Waals surface area contributed by atoms with Crippen LogP contribution in [0.5, 0.6) is 0 Å². The molecular weight excluding hydrogens is 206 g/mol. The average molecular weight is 225 g/mol. The van der Waals surface area contributed by atoms with E-state index in [1.54, 1.807) is 4.90 Å². The molecule has 0 aromatic carbocycles. The topological polar surface area (TPSA) is 46.6 Å². The summed E-state index contributed by atoms with van der Waals surface area (Å²) < 4.78 is 5.29. The van der Waals surface area contributed by atoms with Crippen LogP contribution in [-0.4, -0.2) is 36.0 Å². The largest absolute Gasteiger partial charge is 0.444 e. The highest BCUT2D eigenvalue weighted by molar-refractivity contribution is 5.72. The van der Waals surface area contributed by atoms with E-state index in [0.717, 1.165) is 6.29 Å². The Morgan fingerprint density at radius 1 is 1.38 bits per heavy atom. The number of carbonyl (C=O) groups is 2. The standard InChI is InChI=1S/C12H19NO3/c1-11(2,3)16-10(15)13-5-8-9(6-13)12(8,4)7-14/h7-9H,5-6H2,1-4H3/t8-,9+,12?. The lowest BCUT2D eigenvalue weighted by molar-refractivity contribution is -0.113. The minimum absolute atomic E-state index is 0.182. The van der Waals surface area contributed by atoms with E-state index in [4.69, 9.17) is 4.74 Å². The van der Waals surface area contributed by atoms with Crippen molar-refractivity contribution in [2.45, 2.75) is 33.3 Å². The smallest absolute Gasteiger partial charge is 0.410 e. The number of hydrogen-bond donors (Lipinski definition) is 0. The first-order valence-electron chi connectivity index (χ1n) is 5.72. The maximum atomic E-state index is 11.7. The van der Waals surface area contributed by atoms with Gasteiger partial charge in [-0.15, -0.1) is 0 Å². The van der Waals surface area contributed by atoms with E-state index in [9.17, 15) is 9.59 Å². The van der Waals surface area contributed by atoms with Gasteiger partial charge in [0.1, 0.15) is 11.9 Å². The third-order valence-corrected chi connectivity index (χ3v) is 3.71. The van der Waals surface area contributed by atoms with E-state index >= 15 is 0 Å². The van der Waals surface area contributed by atoms with Gasteiger partial charge in [0.25, 0.3) is 0 Å². The highest BCUT2D eigenvalue weighted by Crippen LogP contribution is 2.60. The van der Waals surface area contributed by atoms with Gasteiger partial charge in [-0.1, -0.05) is 6.92 Å². The first-order valence-corrected chi connectivity index (χ1v) is 5.72. The van der Waals surface area contributed by atoms with Crippen LogP contribution in [0.2, 0.25) is 0 Å². The molecule has 0 aromatic heterocycles. The molecule has 1 amide bonds. The maximum absolute atomic E-state index is 11.7. The van der Waals surface area contributed by atoms with Crippen molar-refractivity contribution in [2.75, 3.05) is 13.1 Å². The molecule has 1 aliphatic heterocycles. The number of hydrogen-bond acceptors (Lipinski definition) is 3. The van der Waals surface area contributed by atoms with Gasteiger partial charge in [0.2, 0.25) is 0 Å². The maximum Gasteiger partial charge on any atom is 0.410 e. The molecule has 3 atom stereocenters. The Balaban J connectivity index is 1.89. The lowest BCUT2D eigenvalue weighted by Gasteiger charge is -2.26. The van der Waals surface area contributed by atoms with Gasteiger partial charge < -0.3 is 14.4 Å². The summed E-state index contributed by atoms with van der Waals surface area (Å²) in [4.78, 5) is 24.3. The number of amides is 1. The van der Waals surface area contributed by atoms with E-state index in [1.807, 2.05) is 27.7 Å². The second kappa shape index (κ2) is 3.22. The fourth-order valence-electron chi connectivity index (χ4n) is 2.57. The molecule has 2 rings (SSSR count). The molecule has 1 heterocycles. The molecule has 0 spiro atoms. The van der Waals surface area contributed by atoms with Gasteiger partial charge in [0, 0.05) is 18.5 Å². The summed E-state index contributed by atoms with van der Waals surface area (Å²) in [5, 5.41) is 0. The van der Waals surface area contributed by atoms with Crippen molar-refractivity contribution in [1.82, 2.24) is 4.90 Å². The lowest BCUT2D eigenvalue weighted by atomic mass is 10.1. The molecule has 1 saturated carbocycles. The number of likely N-dealkylation sites (tertiary alicyclic amines) is 1. The minimum atomic E-state index is -0.447. The SMILES string of the molecule is CC(C)(C)OC(=O)N1C[C@@H]2[C@H](C1)C2(C)C=O. The molecular formula is C12H19NO3. The van der Waals surface area contributed by atoms with E-state index < -0.39 is 5.60 Å². The molecule has 16 heavy (non-hydrogen) atoms. The molecule has 2 aliphatic rings. The highest BCUT2D eigenvalue weighted by Gasteiger charge is 2.66. The summed E-state index contributed by atoms with van der Waals surface area (Å²) >= 11 is 0. The van der Waals surface area contributed by atoms with E-state index in [0.29, 0.717) is 24.9 Å². The van der Waals surface area contributed by atoms with Crippen LogP contribution in [-0.2, 0) is 9.53 Å². The van der Waals surface area contributed by atoms with Crippen LogP contribution in [0.1, 0.15) is 27.7 Å². The monoisotopic (exact) mass is 225 g/mol. The number of nitrogens with zero attached hydrogens (tertiary/aromatic N) is 1. The van der Waals surface area contributed by atoms with Gasteiger partial charge in [0.15, 0.2) is 0 Å². The summed E-state index contributed by atoms with van der Waals surface area (Å²) in [7, 11) is 0. The van der Waals surface area contributed by atoms with E-state index in [-0.39, 0.29) is 11.5 Å². The minimum Gasteiger partial charge on any atom is -0.444 e. The Hall–Kier alpha value is -1.06. The van der Waals surface area contributed by atoms with Crippen molar-refractivity contribution in [2.24, 2.45) is 17.3 Å². The molecule has 0 aromatic rings. The number of fused-ring (bicyclic) bond motifs is 1. The van der Waals surface area contributed by atoms with Crippen LogP contribution in [0.15, 0.2) is 0 Å². The summed E-state index contributed by atoms with van der Waals surface area (Å²) in [5.74, 6) is 0.690. The summed E-state index contributed by atoms with van der Waals surface area (Å²) in [6.07, 6.45) is 0.780. The number of carbonyl (C=O) groups excluding carboxylic acids is 2. The lowest BCUT2D eigenvalue weighted by Crippen LogP contribution is -2.38. The van der Waals surface area contributed by atoms with Crippen LogP contribution >= 0.6 is 0 Å². The van der Waals surface area contributed by atoms with Crippen molar-refractivity contribution < 1.29 is 14.3 Å². The van der Waals surface area contributed by atoms with Crippen molar-refractivity contribution in [3.8, 4) is 0 Å². The van der Waals surface area contributed by atoms with Crippen LogP contribution in [0.4, 0.5) is 4.79 Å². The van der Waals surface area contributed by atoms with Crippen LogP contribution < -0.4 is 0 Å². The van der Waals surface area contributed by atoms with Gasteiger partial charge in [0.05, 0.1) is 0 Å². The zero-order valence-electron chi connectivity index (χ0n) is 10.3. The molecule has 90 valence electrons. The first kappa shape index (κ1) is 11.4. The summed E-state index contributed by atoms with van der Waals surface area (Å²) in [6, 6.07) is 0. The van der Waals surface area contributed by atoms with Gasteiger partial charge >= 0.3 is 6.09 Å². The molecule has 1 unspecified atom stereocenters. The van der Waals surface area contributed by atoms with Gasteiger partial charge in [-0.25, -0.2) is 4.79 Å².